The fraction of sp³-hybridized carbons (Fsp3) is 0.588. The molecular formula is C17H22FNO3. The number of hydrogen-bond donors (Lipinski definition) is 0. The van der Waals surface area contributed by atoms with E-state index in [1.165, 1.54) is 12.1 Å². The summed E-state index contributed by atoms with van der Waals surface area (Å²) in [7, 11) is 1.68. The third-order valence-corrected chi connectivity index (χ3v) is 4.58. The molecule has 2 saturated heterocycles. The number of hydrogen-bond acceptors (Lipinski definition) is 3. The number of benzene rings is 1. The van der Waals surface area contributed by atoms with Gasteiger partial charge < -0.3 is 14.4 Å². The van der Waals surface area contributed by atoms with E-state index in [0.717, 1.165) is 31.4 Å². The molecule has 3 rings (SSSR count). The number of fused-ring (bicyclic) bond motifs is 1. The first-order chi connectivity index (χ1) is 10.7. The number of ether oxygens (including phenoxy) is 2. The number of methoxy groups -OCH3 is 1. The maximum Gasteiger partial charge on any atom is 0.227 e. The highest BCUT2D eigenvalue weighted by molar-refractivity contribution is 5.79. The maximum atomic E-state index is 12.9. The zero-order valence-electron chi connectivity index (χ0n) is 12.8. The highest BCUT2D eigenvalue weighted by Crippen LogP contribution is 2.32. The fourth-order valence-corrected chi connectivity index (χ4v) is 3.49. The van der Waals surface area contributed by atoms with Crippen molar-refractivity contribution in [1.29, 1.82) is 0 Å². The van der Waals surface area contributed by atoms with Crippen LogP contribution in [0.4, 0.5) is 4.39 Å². The Bertz CT molecular complexity index is 519. The van der Waals surface area contributed by atoms with Crippen molar-refractivity contribution < 1.29 is 18.7 Å². The molecule has 0 spiro atoms. The summed E-state index contributed by atoms with van der Waals surface area (Å²) in [6, 6.07) is 6.32. The molecule has 120 valence electrons. The molecule has 5 heteroatoms. The molecule has 0 aliphatic carbocycles. The standard InChI is InChI=1S/C17H22FNO3/c1-21-11-14-6-7-15-16(22-14)8-9-19(15)17(20)10-12-2-4-13(18)5-3-12/h2-5,14-16H,6-11H2,1H3/t14-,15+,16+/m0/s1. The smallest absolute Gasteiger partial charge is 0.227 e. The van der Waals surface area contributed by atoms with Gasteiger partial charge in [-0.15, -0.1) is 0 Å². The van der Waals surface area contributed by atoms with Gasteiger partial charge in [-0.25, -0.2) is 4.39 Å². The van der Waals surface area contributed by atoms with Crippen molar-refractivity contribution in [2.45, 2.75) is 43.9 Å². The molecule has 1 aromatic rings. The lowest BCUT2D eigenvalue weighted by Crippen LogP contribution is -2.46. The summed E-state index contributed by atoms with van der Waals surface area (Å²) in [6.07, 6.45) is 3.39. The number of rotatable bonds is 4. The molecule has 0 radical (unpaired) electrons. The van der Waals surface area contributed by atoms with Crippen LogP contribution in [-0.4, -0.2) is 49.3 Å². The van der Waals surface area contributed by atoms with Gasteiger partial charge in [-0.1, -0.05) is 12.1 Å². The molecule has 22 heavy (non-hydrogen) atoms. The van der Waals surface area contributed by atoms with Gasteiger partial charge in [0.25, 0.3) is 0 Å². The molecular weight excluding hydrogens is 285 g/mol. The van der Waals surface area contributed by atoms with E-state index in [0.29, 0.717) is 13.0 Å². The molecule has 0 N–H and O–H groups in total. The Labute approximate surface area is 130 Å². The number of carbonyl (C=O) groups excluding carboxylic acids is 1. The molecule has 1 amide bonds. The average molecular weight is 307 g/mol. The molecule has 2 heterocycles. The van der Waals surface area contributed by atoms with E-state index >= 15 is 0 Å². The molecule has 0 unspecified atom stereocenters. The second-order valence-corrected chi connectivity index (χ2v) is 6.08. The van der Waals surface area contributed by atoms with Crippen LogP contribution in [0.3, 0.4) is 0 Å². The zero-order chi connectivity index (χ0) is 15.5. The molecule has 3 atom stereocenters. The lowest BCUT2D eigenvalue weighted by Gasteiger charge is -2.35. The Morgan fingerprint density at radius 3 is 2.82 bits per heavy atom. The number of carbonyl (C=O) groups is 1. The summed E-state index contributed by atoms with van der Waals surface area (Å²) in [4.78, 5) is 14.5. The van der Waals surface area contributed by atoms with Crippen LogP contribution in [0.5, 0.6) is 0 Å². The quantitative estimate of drug-likeness (QED) is 0.856. The van der Waals surface area contributed by atoms with E-state index in [4.69, 9.17) is 9.47 Å². The van der Waals surface area contributed by atoms with Crippen LogP contribution in [0, 0.1) is 5.82 Å². The minimum absolute atomic E-state index is 0.105. The zero-order valence-corrected chi connectivity index (χ0v) is 12.8. The second kappa shape index (κ2) is 6.75. The first-order valence-electron chi connectivity index (χ1n) is 7.85. The maximum absolute atomic E-state index is 12.9. The van der Waals surface area contributed by atoms with Crippen molar-refractivity contribution in [2.75, 3.05) is 20.3 Å². The molecule has 1 aromatic carbocycles. The van der Waals surface area contributed by atoms with Crippen molar-refractivity contribution in [3.05, 3.63) is 35.6 Å². The second-order valence-electron chi connectivity index (χ2n) is 6.08. The van der Waals surface area contributed by atoms with Crippen LogP contribution >= 0.6 is 0 Å². The van der Waals surface area contributed by atoms with Gasteiger partial charge in [0.15, 0.2) is 0 Å². The van der Waals surface area contributed by atoms with Crippen LogP contribution in [0.1, 0.15) is 24.8 Å². The third-order valence-electron chi connectivity index (χ3n) is 4.58. The molecule has 2 aliphatic rings. The van der Waals surface area contributed by atoms with E-state index in [1.54, 1.807) is 19.2 Å². The van der Waals surface area contributed by atoms with Crippen LogP contribution < -0.4 is 0 Å². The number of nitrogens with zero attached hydrogens (tertiary/aromatic N) is 1. The lowest BCUT2D eigenvalue weighted by molar-refractivity contribution is -0.137. The summed E-state index contributed by atoms with van der Waals surface area (Å²) in [5.74, 6) is -0.171. The first-order valence-corrected chi connectivity index (χ1v) is 7.85. The van der Waals surface area contributed by atoms with Crippen molar-refractivity contribution in [3.8, 4) is 0 Å². The SMILES string of the molecule is COC[C@@H]1CC[C@@H]2[C@@H](CCN2C(=O)Cc2ccc(F)cc2)O1. The Kier molecular flexibility index (Phi) is 4.74. The van der Waals surface area contributed by atoms with Gasteiger partial charge in [0.1, 0.15) is 5.82 Å². The minimum Gasteiger partial charge on any atom is -0.382 e. The highest BCUT2D eigenvalue weighted by atomic mass is 19.1. The largest absolute Gasteiger partial charge is 0.382 e. The number of halogens is 1. The predicted molar refractivity (Wildman–Crippen MR) is 80.0 cm³/mol. The van der Waals surface area contributed by atoms with Gasteiger partial charge in [-0.2, -0.15) is 0 Å². The summed E-state index contributed by atoms with van der Waals surface area (Å²) in [5, 5.41) is 0. The van der Waals surface area contributed by atoms with Gasteiger partial charge in [0, 0.05) is 13.7 Å². The summed E-state index contributed by atoms with van der Waals surface area (Å²) >= 11 is 0. The van der Waals surface area contributed by atoms with Gasteiger partial charge in [0.05, 0.1) is 31.3 Å². The summed E-state index contributed by atoms with van der Waals surface area (Å²) in [5.41, 5.74) is 0.851. The molecule has 0 bridgehead atoms. The van der Waals surface area contributed by atoms with E-state index in [9.17, 15) is 9.18 Å². The predicted octanol–water partition coefficient (Wildman–Crippen LogP) is 2.16. The number of likely N-dealkylation sites (tertiary alicyclic amines) is 1. The van der Waals surface area contributed by atoms with Gasteiger partial charge in [0.2, 0.25) is 5.91 Å². The molecule has 2 fully saturated rings. The lowest BCUT2D eigenvalue weighted by atomic mass is 9.99. The topological polar surface area (TPSA) is 38.8 Å². The molecule has 2 aliphatic heterocycles. The molecule has 0 saturated carbocycles. The monoisotopic (exact) mass is 307 g/mol. The van der Waals surface area contributed by atoms with E-state index in [1.807, 2.05) is 4.90 Å². The van der Waals surface area contributed by atoms with Crippen LogP contribution in [0.25, 0.3) is 0 Å². The number of amides is 1. The minimum atomic E-state index is -0.276. The van der Waals surface area contributed by atoms with E-state index in [2.05, 4.69) is 0 Å². The van der Waals surface area contributed by atoms with Gasteiger partial charge in [-0.3, -0.25) is 4.79 Å². The molecule has 0 aromatic heterocycles. The van der Waals surface area contributed by atoms with Crippen molar-refractivity contribution in [3.63, 3.8) is 0 Å². The van der Waals surface area contributed by atoms with Crippen molar-refractivity contribution in [2.24, 2.45) is 0 Å². The van der Waals surface area contributed by atoms with Crippen molar-refractivity contribution >= 4 is 5.91 Å². The van der Waals surface area contributed by atoms with Crippen LogP contribution in [0.2, 0.25) is 0 Å². The summed E-state index contributed by atoms with van der Waals surface area (Å²) < 4.78 is 24.1. The van der Waals surface area contributed by atoms with E-state index < -0.39 is 0 Å². The Morgan fingerprint density at radius 1 is 1.32 bits per heavy atom. The Balaban J connectivity index is 1.59. The van der Waals surface area contributed by atoms with Gasteiger partial charge in [-0.05, 0) is 37.0 Å². The molecule has 4 nitrogen and oxygen atoms in total. The van der Waals surface area contributed by atoms with E-state index in [-0.39, 0.29) is 30.0 Å². The Hall–Kier alpha value is -1.46. The van der Waals surface area contributed by atoms with Gasteiger partial charge >= 0.3 is 0 Å². The average Bonchev–Trinajstić information content (AvgIpc) is 2.93. The van der Waals surface area contributed by atoms with Crippen LogP contribution in [0.15, 0.2) is 24.3 Å². The van der Waals surface area contributed by atoms with Crippen molar-refractivity contribution in [1.82, 2.24) is 4.90 Å². The summed E-state index contributed by atoms with van der Waals surface area (Å²) in [6.45, 7) is 1.36. The highest BCUT2D eigenvalue weighted by Gasteiger charge is 2.41. The fourth-order valence-electron chi connectivity index (χ4n) is 3.49. The third kappa shape index (κ3) is 3.31. The normalized spacial score (nSPS) is 27.7. The first kappa shape index (κ1) is 15.4. The van der Waals surface area contributed by atoms with Crippen LogP contribution in [-0.2, 0) is 20.7 Å². The Morgan fingerprint density at radius 2 is 2.09 bits per heavy atom.